The number of halogens is 2. The summed E-state index contributed by atoms with van der Waals surface area (Å²) in [6.45, 7) is 2.41. The Labute approximate surface area is 111 Å². The summed E-state index contributed by atoms with van der Waals surface area (Å²) in [5.74, 6) is -0.0570. The highest BCUT2D eigenvalue weighted by molar-refractivity contribution is 6.53. The summed E-state index contributed by atoms with van der Waals surface area (Å²) in [6, 6.07) is 10.0. The number of amides is 1. The third-order valence-electron chi connectivity index (χ3n) is 3.30. The number of alkyl halides is 2. The minimum Gasteiger partial charge on any atom is -0.355 e. The number of carbonyl (C=O) groups excluding carboxylic acids is 1. The van der Waals surface area contributed by atoms with Crippen molar-refractivity contribution in [3.63, 3.8) is 0 Å². The van der Waals surface area contributed by atoms with E-state index < -0.39 is 9.75 Å². The second-order valence-electron chi connectivity index (χ2n) is 4.70. The smallest absolute Gasteiger partial charge is 0.229 e. The zero-order chi connectivity index (χ0) is 12.5. The second kappa shape index (κ2) is 4.51. The highest BCUT2D eigenvalue weighted by Gasteiger charge is 2.67. The lowest BCUT2D eigenvalue weighted by Gasteiger charge is -2.12. The molecular weight excluding hydrogens is 257 g/mol. The van der Waals surface area contributed by atoms with E-state index in [-0.39, 0.29) is 5.91 Å². The lowest BCUT2D eigenvalue weighted by Crippen LogP contribution is -2.34. The second-order valence-corrected chi connectivity index (χ2v) is 6.19. The molecule has 1 fully saturated rings. The average molecular weight is 272 g/mol. The van der Waals surface area contributed by atoms with Gasteiger partial charge in [0.05, 0.1) is 5.41 Å². The maximum absolute atomic E-state index is 11.9. The molecule has 92 valence electrons. The highest BCUT2D eigenvalue weighted by Crippen LogP contribution is 2.63. The molecule has 1 aliphatic rings. The third kappa shape index (κ3) is 2.58. The van der Waals surface area contributed by atoms with Crippen LogP contribution in [0.1, 0.15) is 18.9 Å². The molecule has 2 nitrogen and oxygen atoms in total. The van der Waals surface area contributed by atoms with E-state index >= 15 is 0 Å². The van der Waals surface area contributed by atoms with Crippen molar-refractivity contribution in [2.45, 2.75) is 24.1 Å². The van der Waals surface area contributed by atoms with Crippen molar-refractivity contribution >= 4 is 29.1 Å². The van der Waals surface area contributed by atoms with Crippen LogP contribution in [0.15, 0.2) is 30.3 Å². The van der Waals surface area contributed by atoms with E-state index in [4.69, 9.17) is 23.2 Å². The summed E-state index contributed by atoms with van der Waals surface area (Å²) in [7, 11) is 0. The Morgan fingerprint density at radius 2 is 1.94 bits per heavy atom. The lowest BCUT2D eigenvalue weighted by molar-refractivity contribution is -0.125. The Morgan fingerprint density at radius 1 is 1.35 bits per heavy atom. The molecule has 1 unspecified atom stereocenters. The first-order chi connectivity index (χ1) is 7.96. The molecule has 0 spiro atoms. The lowest BCUT2D eigenvalue weighted by atomic mass is 10.1. The number of hydrogen-bond donors (Lipinski definition) is 1. The van der Waals surface area contributed by atoms with E-state index in [0.29, 0.717) is 13.0 Å². The van der Waals surface area contributed by atoms with Crippen LogP contribution in [0, 0.1) is 5.41 Å². The maximum atomic E-state index is 11.9. The molecule has 1 aromatic carbocycles. The molecule has 1 amide bonds. The van der Waals surface area contributed by atoms with Gasteiger partial charge in [-0.15, -0.1) is 23.2 Å². The Hall–Kier alpha value is -0.730. The summed E-state index contributed by atoms with van der Waals surface area (Å²) in [5.41, 5.74) is 0.587. The molecule has 17 heavy (non-hydrogen) atoms. The van der Waals surface area contributed by atoms with Crippen molar-refractivity contribution in [1.82, 2.24) is 5.32 Å². The van der Waals surface area contributed by atoms with Gasteiger partial charge >= 0.3 is 0 Å². The summed E-state index contributed by atoms with van der Waals surface area (Å²) in [6.07, 6.45) is 1.35. The van der Waals surface area contributed by atoms with Gasteiger partial charge in [0, 0.05) is 6.54 Å². The van der Waals surface area contributed by atoms with Crippen LogP contribution in [0.2, 0.25) is 0 Å². The van der Waals surface area contributed by atoms with Gasteiger partial charge in [-0.25, -0.2) is 0 Å². The summed E-state index contributed by atoms with van der Waals surface area (Å²) in [5, 5.41) is 2.88. The summed E-state index contributed by atoms with van der Waals surface area (Å²) in [4.78, 5) is 11.9. The van der Waals surface area contributed by atoms with Crippen LogP contribution in [-0.4, -0.2) is 16.8 Å². The van der Waals surface area contributed by atoms with Crippen LogP contribution in [0.4, 0.5) is 0 Å². The van der Waals surface area contributed by atoms with E-state index in [9.17, 15) is 4.79 Å². The molecule has 0 aromatic heterocycles. The van der Waals surface area contributed by atoms with Crippen LogP contribution in [0.3, 0.4) is 0 Å². The Kier molecular flexibility index (Phi) is 3.37. The maximum Gasteiger partial charge on any atom is 0.229 e. The topological polar surface area (TPSA) is 29.1 Å². The number of carbonyl (C=O) groups is 1. The zero-order valence-electron chi connectivity index (χ0n) is 9.67. The molecule has 1 N–H and O–H groups in total. The highest BCUT2D eigenvalue weighted by atomic mass is 35.5. The normalized spacial score (nSPS) is 25.4. The number of benzene rings is 1. The van der Waals surface area contributed by atoms with Crippen molar-refractivity contribution < 1.29 is 4.79 Å². The molecule has 4 heteroatoms. The molecule has 0 bridgehead atoms. The Morgan fingerprint density at radius 3 is 2.47 bits per heavy atom. The first-order valence-corrected chi connectivity index (χ1v) is 6.41. The van der Waals surface area contributed by atoms with E-state index in [1.54, 1.807) is 6.92 Å². The molecule has 0 saturated heterocycles. The SMILES string of the molecule is CC1(C(=O)NCCc2ccccc2)CC1(Cl)Cl. The molecule has 1 aliphatic carbocycles. The quantitative estimate of drug-likeness (QED) is 0.839. The first-order valence-electron chi connectivity index (χ1n) is 5.66. The van der Waals surface area contributed by atoms with Crippen molar-refractivity contribution in [2.75, 3.05) is 6.54 Å². The van der Waals surface area contributed by atoms with Crippen LogP contribution in [0.25, 0.3) is 0 Å². The van der Waals surface area contributed by atoms with Gasteiger partial charge in [-0.1, -0.05) is 30.3 Å². The standard InChI is InChI=1S/C13H15Cl2NO/c1-12(9-13(12,14)15)11(17)16-8-7-10-5-3-2-4-6-10/h2-6H,7-9H2,1H3,(H,16,17). The molecule has 1 aromatic rings. The average Bonchev–Trinajstić information content (AvgIpc) is 2.81. The van der Waals surface area contributed by atoms with Crippen molar-refractivity contribution in [3.05, 3.63) is 35.9 Å². The fourth-order valence-corrected chi connectivity index (χ4v) is 2.51. The van der Waals surface area contributed by atoms with Gasteiger partial charge in [0.1, 0.15) is 4.33 Å². The van der Waals surface area contributed by atoms with E-state index in [0.717, 1.165) is 6.42 Å². The van der Waals surface area contributed by atoms with E-state index in [2.05, 4.69) is 5.32 Å². The summed E-state index contributed by atoms with van der Waals surface area (Å²) < 4.78 is -0.885. The van der Waals surface area contributed by atoms with Gasteiger partial charge in [-0.05, 0) is 25.3 Å². The molecule has 0 aliphatic heterocycles. The first kappa shape index (κ1) is 12.7. The predicted octanol–water partition coefficient (Wildman–Crippen LogP) is 2.93. The van der Waals surface area contributed by atoms with Gasteiger partial charge in [0.25, 0.3) is 0 Å². The van der Waals surface area contributed by atoms with Crippen molar-refractivity contribution in [2.24, 2.45) is 5.41 Å². The van der Waals surface area contributed by atoms with E-state index in [1.807, 2.05) is 30.3 Å². The van der Waals surface area contributed by atoms with Crippen LogP contribution >= 0.6 is 23.2 Å². The minimum absolute atomic E-state index is 0.0570. The molecule has 0 heterocycles. The van der Waals surface area contributed by atoms with Crippen LogP contribution in [-0.2, 0) is 11.2 Å². The third-order valence-corrected chi connectivity index (χ3v) is 4.40. The van der Waals surface area contributed by atoms with Crippen LogP contribution in [0.5, 0.6) is 0 Å². The Bertz CT molecular complexity index is 419. The molecule has 1 saturated carbocycles. The number of nitrogens with one attached hydrogen (secondary N) is 1. The van der Waals surface area contributed by atoms with Crippen LogP contribution < -0.4 is 5.32 Å². The van der Waals surface area contributed by atoms with Crippen molar-refractivity contribution in [3.8, 4) is 0 Å². The largest absolute Gasteiger partial charge is 0.355 e. The monoisotopic (exact) mass is 271 g/mol. The van der Waals surface area contributed by atoms with Gasteiger partial charge in [-0.3, -0.25) is 4.79 Å². The molecule has 0 radical (unpaired) electrons. The minimum atomic E-state index is -0.885. The fraction of sp³-hybridized carbons (Fsp3) is 0.462. The van der Waals surface area contributed by atoms with Gasteiger partial charge < -0.3 is 5.32 Å². The molecule has 1 atom stereocenters. The summed E-state index contributed by atoms with van der Waals surface area (Å²) >= 11 is 11.9. The van der Waals surface area contributed by atoms with Crippen molar-refractivity contribution in [1.29, 1.82) is 0 Å². The Balaban J connectivity index is 1.79. The van der Waals surface area contributed by atoms with Gasteiger partial charge in [0.15, 0.2) is 0 Å². The fourth-order valence-electron chi connectivity index (χ4n) is 1.81. The number of hydrogen-bond acceptors (Lipinski definition) is 1. The van der Waals surface area contributed by atoms with Gasteiger partial charge in [0.2, 0.25) is 5.91 Å². The zero-order valence-corrected chi connectivity index (χ0v) is 11.2. The van der Waals surface area contributed by atoms with E-state index in [1.165, 1.54) is 5.56 Å². The number of rotatable bonds is 4. The molecule has 2 rings (SSSR count). The predicted molar refractivity (Wildman–Crippen MR) is 70.3 cm³/mol. The van der Waals surface area contributed by atoms with Gasteiger partial charge in [-0.2, -0.15) is 0 Å². The molecular formula is C13H15Cl2NO.